The van der Waals surface area contributed by atoms with Crippen LogP contribution in [-0.2, 0) is 7.05 Å². The molecule has 90 valence electrons. The van der Waals surface area contributed by atoms with E-state index in [0.717, 1.165) is 10.9 Å². The van der Waals surface area contributed by atoms with Crippen molar-refractivity contribution in [1.82, 2.24) is 14.5 Å². The smallest absolute Gasteiger partial charge is 0.258 e. The molecule has 0 aliphatic carbocycles. The summed E-state index contributed by atoms with van der Waals surface area (Å²) < 4.78 is 1.99. The van der Waals surface area contributed by atoms with Crippen molar-refractivity contribution in [3.05, 3.63) is 48.4 Å². The van der Waals surface area contributed by atoms with E-state index >= 15 is 0 Å². The quantitative estimate of drug-likeness (QED) is 0.721. The average Bonchev–Trinajstić information content (AvgIpc) is 3.00. The molecule has 5 nitrogen and oxygen atoms in total. The molecule has 1 aromatic carbocycles. The van der Waals surface area contributed by atoms with Crippen molar-refractivity contribution in [2.24, 2.45) is 7.05 Å². The molecule has 0 bridgehead atoms. The number of nitrogens with one attached hydrogen (secondary N) is 2. The average molecular weight is 240 g/mol. The number of imidazole rings is 1. The van der Waals surface area contributed by atoms with E-state index in [4.69, 9.17) is 0 Å². The van der Waals surface area contributed by atoms with Crippen LogP contribution in [0.4, 0.5) is 5.95 Å². The summed E-state index contributed by atoms with van der Waals surface area (Å²) in [6.45, 7) is 0. The Morgan fingerprint density at radius 3 is 3.06 bits per heavy atom. The maximum absolute atomic E-state index is 12.2. The first-order chi connectivity index (χ1) is 8.75. The number of carbonyl (C=O) groups is 1. The highest BCUT2D eigenvalue weighted by Gasteiger charge is 2.12. The predicted molar refractivity (Wildman–Crippen MR) is 69.5 cm³/mol. The van der Waals surface area contributed by atoms with E-state index in [9.17, 15) is 4.79 Å². The number of aromatic nitrogens is 3. The van der Waals surface area contributed by atoms with Crippen LogP contribution in [-0.4, -0.2) is 20.4 Å². The molecule has 0 saturated carbocycles. The van der Waals surface area contributed by atoms with Gasteiger partial charge in [0.15, 0.2) is 0 Å². The fraction of sp³-hybridized carbons (Fsp3) is 0.0769. The zero-order chi connectivity index (χ0) is 12.5. The van der Waals surface area contributed by atoms with Gasteiger partial charge in [-0.3, -0.25) is 10.1 Å². The molecule has 0 spiro atoms. The largest absolute Gasteiger partial charge is 0.351 e. The zero-order valence-corrected chi connectivity index (χ0v) is 9.84. The topological polar surface area (TPSA) is 62.7 Å². The van der Waals surface area contributed by atoms with Crippen molar-refractivity contribution < 1.29 is 4.79 Å². The fourth-order valence-electron chi connectivity index (χ4n) is 2.01. The SMILES string of the molecule is Cn1ccc2c(C(=O)Nc3ncc[nH]3)cccc21. The lowest BCUT2D eigenvalue weighted by Crippen LogP contribution is -2.13. The van der Waals surface area contributed by atoms with Crippen molar-refractivity contribution in [2.75, 3.05) is 5.32 Å². The molecule has 3 aromatic rings. The van der Waals surface area contributed by atoms with Crippen LogP contribution < -0.4 is 5.32 Å². The molecule has 5 heteroatoms. The Labute approximate surface area is 103 Å². The number of aromatic amines is 1. The molecule has 0 atom stereocenters. The Kier molecular flexibility index (Phi) is 2.37. The van der Waals surface area contributed by atoms with E-state index in [1.165, 1.54) is 0 Å². The third-order valence-electron chi connectivity index (χ3n) is 2.90. The van der Waals surface area contributed by atoms with E-state index in [2.05, 4.69) is 15.3 Å². The molecule has 0 aliphatic heterocycles. The summed E-state index contributed by atoms with van der Waals surface area (Å²) in [5.41, 5.74) is 1.67. The Morgan fingerprint density at radius 1 is 1.39 bits per heavy atom. The monoisotopic (exact) mass is 240 g/mol. The number of amides is 1. The van der Waals surface area contributed by atoms with Gasteiger partial charge in [0.1, 0.15) is 0 Å². The van der Waals surface area contributed by atoms with E-state index in [0.29, 0.717) is 11.5 Å². The fourth-order valence-corrected chi connectivity index (χ4v) is 2.01. The van der Waals surface area contributed by atoms with Crippen molar-refractivity contribution in [2.45, 2.75) is 0 Å². The second kappa shape index (κ2) is 4.03. The summed E-state index contributed by atoms with van der Waals surface area (Å²) in [6, 6.07) is 7.60. The number of nitrogens with zero attached hydrogens (tertiary/aromatic N) is 2. The van der Waals surface area contributed by atoms with Crippen molar-refractivity contribution in [1.29, 1.82) is 0 Å². The normalized spacial score (nSPS) is 10.7. The van der Waals surface area contributed by atoms with Crippen LogP contribution in [0, 0.1) is 0 Å². The first kappa shape index (κ1) is 10.6. The first-order valence-corrected chi connectivity index (χ1v) is 5.60. The lowest BCUT2D eigenvalue weighted by atomic mass is 10.1. The van der Waals surface area contributed by atoms with Crippen molar-refractivity contribution in [3.63, 3.8) is 0 Å². The van der Waals surface area contributed by atoms with Crippen molar-refractivity contribution in [3.8, 4) is 0 Å². The number of anilines is 1. The Morgan fingerprint density at radius 2 is 2.28 bits per heavy atom. The second-order valence-corrected chi connectivity index (χ2v) is 4.06. The lowest BCUT2D eigenvalue weighted by molar-refractivity contribution is 0.102. The van der Waals surface area contributed by atoms with Gasteiger partial charge in [0, 0.05) is 42.1 Å². The van der Waals surface area contributed by atoms with Gasteiger partial charge in [-0.15, -0.1) is 0 Å². The Hall–Kier alpha value is -2.56. The third-order valence-corrected chi connectivity index (χ3v) is 2.90. The van der Waals surface area contributed by atoms with Crippen molar-refractivity contribution >= 4 is 22.8 Å². The third kappa shape index (κ3) is 1.66. The number of H-pyrrole nitrogens is 1. The molecule has 0 radical (unpaired) electrons. The van der Waals surface area contributed by atoms with E-state index in [-0.39, 0.29) is 5.91 Å². The van der Waals surface area contributed by atoms with Gasteiger partial charge >= 0.3 is 0 Å². The van der Waals surface area contributed by atoms with Crippen LogP contribution >= 0.6 is 0 Å². The number of hydrogen-bond donors (Lipinski definition) is 2. The van der Waals surface area contributed by atoms with Gasteiger partial charge in [0.25, 0.3) is 5.91 Å². The summed E-state index contributed by atoms with van der Waals surface area (Å²) in [4.78, 5) is 19.0. The van der Waals surface area contributed by atoms with Gasteiger partial charge in [-0.1, -0.05) is 6.07 Å². The summed E-state index contributed by atoms with van der Waals surface area (Å²) in [6.07, 6.45) is 5.20. The van der Waals surface area contributed by atoms with Gasteiger partial charge < -0.3 is 9.55 Å². The number of fused-ring (bicyclic) bond motifs is 1. The highest BCUT2D eigenvalue weighted by atomic mass is 16.1. The molecular weight excluding hydrogens is 228 g/mol. The van der Waals surface area contributed by atoms with Gasteiger partial charge in [0.2, 0.25) is 5.95 Å². The number of rotatable bonds is 2. The second-order valence-electron chi connectivity index (χ2n) is 4.06. The summed E-state index contributed by atoms with van der Waals surface area (Å²) in [5.74, 6) is 0.287. The van der Waals surface area contributed by atoms with Gasteiger partial charge in [-0.05, 0) is 18.2 Å². The number of hydrogen-bond acceptors (Lipinski definition) is 2. The van der Waals surface area contributed by atoms with E-state index in [1.54, 1.807) is 18.5 Å². The molecule has 2 aromatic heterocycles. The minimum Gasteiger partial charge on any atom is -0.351 e. The highest BCUT2D eigenvalue weighted by Crippen LogP contribution is 2.20. The van der Waals surface area contributed by atoms with Gasteiger partial charge in [0.05, 0.1) is 0 Å². The van der Waals surface area contributed by atoms with E-state index < -0.39 is 0 Å². The Balaban J connectivity index is 2.01. The number of benzene rings is 1. The summed E-state index contributed by atoms with van der Waals surface area (Å²) in [5, 5.41) is 3.66. The first-order valence-electron chi connectivity index (χ1n) is 5.60. The predicted octanol–water partition coefficient (Wildman–Crippen LogP) is 2.15. The summed E-state index contributed by atoms with van der Waals surface area (Å²) in [7, 11) is 1.95. The molecule has 2 N–H and O–H groups in total. The molecule has 2 heterocycles. The Bertz CT molecular complexity index is 697. The maximum Gasteiger partial charge on any atom is 0.258 e. The minimum atomic E-state index is -0.165. The molecule has 3 rings (SSSR count). The zero-order valence-electron chi connectivity index (χ0n) is 9.84. The number of aryl methyl sites for hydroxylation is 1. The standard InChI is InChI=1S/C13H12N4O/c1-17-8-5-9-10(3-2-4-11(9)17)12(18)16-13-14-6-7-15-13/h2-8H,1H3,(H2,14,15,16,18). The van der Waals surface area contributed by atoms with Crippen LogP contribution in [0.25, 0.3) is 10.9 Å². The van der Waals surface area contributed by atoms with Crippen LogP contribution in [0.5, 0.6) is 0 Å². The van der Waals surface area contributed by atoms with Gasteiger partial charge in [-0.2, -0.15) is 0 Å². The maximum atomic E-state index is 12.2. The minimum absolute atomic E-state index is 0.165. The highest BCUT2D eigenvalue weighted by molar-refractivity contribution is 6.12. The van der Waals surface area contributed by atoms with Crippen LogP contribution in [0.2, 0.25) is 0 Å². The molecule has 0 unspecified atom stereocenters. The molecule has 0 fully saturated rings. The van der Waals surface area contributed by atoms with Crippen LogP contribution in [0.15, 0.2) is 42.9 Å². The molecule has 0 saturated heterocycles. The molecule has 1 amide bonds. The lowest BCUT2D eigenvalue weighted by Gasteiger charge is -2.04. The molecular formula is C13H12N4O. The number of carbonyl (C=O) groups excluding carboxylic acids is 1. The van der Waals surface area contributed by atoms with Crippen LogP contribution in [0.1, 0.15) is 10.4 Å². The van der Waals surface area contributed by atoms with E-state index in [1.807, 2.05) is 36.0 Å². The summed E-state index contributed by atoms with van der Waals surface area (Å²) >= 11 is 0. The molecule has 0 aliphatic rings. The molecule has 18 heavy (non-hydrogen) atoms. The van der Waals surface area contributed by atoms with Crippen LogP contribution in [0.3, 0.4) is 0 Å². The van der Waals surface area contributed by atoms with Gasteiger partial charge in [-0.25, -0.2) is 4.98 Å².